The van der Waals surface area contributed by atoms with Crippen molar-refractivity contribution in [3.63, 3.8) is 0 Å². The summed E-state index contributed by atoms with van der Waals surface area (Å²) in [5.41, 5.74) is 4.32. The van der Waals surface area contributed by atoms with Crippen LogP contribution in [0.3, 0.4) is 0 Å². The Bertz CT molecular complexity index is 823. The van der Waals surface area contributed by atoms with E-state index in [1.165, 1.54) is 5.56 Å². The third-order valence-corrected chi connectivity index (χ3v) is 4.02. The summed E-state index contributed by atoms with van der Waals surface area (Å²) in [5, 5.41) is 4.09. The lowest BCUT2D eigenvalue weighted by atomic mass is 9.87. The molecule has 1 aromatic heterocycles. The molecule has 0 unspecified atom stereocenters. The summed E-state index contributed by atoms with van der Waals surface area (Å²) in [6, 6.07) is 16.1. The summed E-state index contributed by atoms with van der Waals surface area (Å²) in [7, 11) is 0. The van der Waals surface area contributed by atoms with E-state index in [2.05, 4.69) is 43.2 Å². The summed E-state index contributed by atoms with van der Waals surface area (Å²) < 4.78 is 0. The Balaban J connectivity index is 1.66. The summed E-state index contributed by atoms with van der Waals surface area (Å²) in [6.07, 6.45) is 2.29. The quantitative estimate of drug-likeness (QED) is 0.727. The first-order valence-electron chi connectivity index (χ1n) is 7.88. The molecule has 23 heavy (non-hydrogen) atoms. The van der Waals surface area contributed by atoms with Crippen molar-refractivity contribution in [3.05, 3.63) is 65.9 Å². The summed E-state index contributed by atoms with van der Waals surface area (Å²) in [6.45, 7) is 6.53. The van der Waals surface area contributed by atoms with Crippen LogP contribution in [0.1, 0.15) is 31.9 Å². The van der Waals surface area contributed by atoms with Gasteiger partial charge in [-0.05, 0) is 52.3 Å². The van der Waals surface area contributed by atoms with Gasteiger partial charge in [0.1, 0.15) is 0 Å². The first-order valence-corrected chi connectivity index (χ1v) is 7.88. The van der Waals surface area contributed by atoms with Gasteiger partial charge in [-0.25, -0.2) is 0 Å². The minimum absolute atomic E-state index is 0.00314. The minimum atomic E-state index is 0.00314. The Morgan fingerprint density at radius 3 is 2.48 bits per heavy atom. The van der Waals surface area contributed by atoms with Gasteiger partial charge in [-0.2, -0.15) is 0 Å². The van der Waals surface area contributed by atoms with Crippen LogP contribution in [0.15, 0.2) is 54.7 Å². The number of aromatic nitrogens is 1. The summed E-state index contributed by atoms with van der Waals surface area (Å²) >= 11 is 0. The van der Waals surface area contributed by atoms with Crippen LogP contribution >= 0.6 is 0 Å². The maximum Gasteiger partial charge on any atom is 0.228 e. The minimum Gasteiger partial charge on any atom is -0.361 e. The Kier molecular flexibility index (Phi) is 3.95. The van der Waals surface area contributed by atoms with Gasteiger partial charge in [-0.3, -0.25) is 4.79 Å². The molecule has 0 aliphatic heterocycles. The summed E-state index contributed by atoms with van der Waals surface area (Å²) in [4.78, 5) is 15.4. The molecule has 0 fully saturated rings. The second kappa shape index (κ2) is 5.92. The van der Waals surface area contributed by atoms with Crippen LogP contribution < -0.4 is 5.32 Å². The van der Waals surface area contributed by atoms with E-state index < -0.39 is 0 Å². The van der Waals surface area contributed by atoms with E-state index in [-0.39, 0.29) is 11.3 Å². The van der Waals surface area contributed by atoms with E-state index in [4.69, 9.17) is 0 Å². The summed E-state index contributed by atoms with van der Waals surface area (Å²) in [5.74, 6) is 0.00314. The number of carbonyl (C=O) groups excluding carboxylic acids is 1. The van der Waals surface area contributed by atoms with Gasteiger partial charge in [0.05, 0.1) is 6.42 Å². The highest BCUT2D eigenvalue weighted by atomic mass is 16.1. The van der Waals surface area contributed by atoms with E-state index in [1.807, 2.05) is 42.6 Å². The fourth-order valence-corrected chi connectivity index (χ4v) is 2.66. The molecular formula is C20H22N2O. The Morgan fingerprint density at radius 2 is 1.78 bits per heavy atom. The van der Waals surface area contributed by atoms with Gasteiger partial charge in [0.2, 0.25) is 5.91 Å². The number of nitrogens with one attached hydrogen (secondary N) is 2. The van der Waals surface area contributed by atoms with Gasteiger partial charge >= 0.3 is 0 Å². The molecule has 2 aromatic carbocycles. The molecule has 0 aliphatic rings. The van der Waals surface area contributed by atoms with Gasteiger partial charge < -0.3 is 10.3 Å². The molecule has 3 heteroatoms. The smallest absolute Gasteiger partial charge is 0.228 e. The normalized spacial score (nSPS) is 11.6. The molecule has 3 aromatic rings. The number of anilines is 1. The zero-order valence-electron chi connectivity index (χ0n) is 13.8. The fourth-order valence-electron chi connectivity index (χ4n) is 2.66. The van der Waals surface area contributed by atoms with Crippen LogP contribution in [0, 0.1) is 0 Å². The number of hydrogen-bond donors (Lipinski definition) is 2. The molecular weight excluding hydrogens is 284 g/mol. The van der Waals surface area contributed by atoms with Crippen molar-refractivity contribution in [1.82, 2.24) is 4.98 Å². The molecule has 2 N–H and O–H groups in total. The molecule has 0 saturated carbocycles. The second-order valence-corrected chi connectivity index (χ2v) is 6.95. The number of fused-ring (bicyclic) bond motifs is 1. The Labute approximate surface area is 136 Å². The van der Waals surface area contributed by atoms with Gasteiger partial charge in [0, 0.05) is 17.4 Å². The number of aromatic amines is 1. The lowest BCUT2D eigenvalue weighted by molar-refractivity contribution is -0.115. The van der Waals surface area contributed by atoms with Crippen molar-refractivity contribution in [2.75, 3.05) is 5.32 Å². The lowest BCUT2D eigenvalue weighted by Gasteiger charge is -2.19. The number of H-pyrrole nitrogens is 1. The van der Waals surface area contributed by atoms with Crippen molar-refractivity contribution in [2.45, 2.75) is 32.6 Å². The molecule has 3 rings (SSSR count). The van der Waals surface area contributed by atoms with Crippen molar-refractivity contribution in [3.8, 4) is 0 Å². The average molecular weight is 306 g/mol. The number of amides is 1. The number of benzene rings is 2. The van der Waals surface area contributed by atoms with Crippen molar-refractivity contribution in [1.29, 1.82) is 0 Å². The first kappa shape index (κ1) is 15.3. The maximum atomic E-state index is 12.2. The average Bonchev–Trinajstić information content (AvgIpc) is 2.94. The van der Waals surface area contributed by atoms with E-state index in [1.54, 1.807) is 0 Å². The monoisotopic (exact) mass is 306 g/mol. The van der Waals surface area contributed by atoms with E-state index in [9.17, 15) is 4.79 Å². The van der Waals surface area contributed by atoms with E-state index >= 15 is 0 Å². The van der Waals surface area contributed by atoms with Crippen LogP contribution in [0.4, 0.5) is 5.69 Å². The molecule has 0 saturated heterocycles. The van der Waals surface area contributed by atoms with Gasteiger partial charge in [0.15, 0.2) is 0 Å². The molecule has 0 radical (unpaired) electrons. The Morgan fingerprint density at radius 1 is 1.04 bits per heavy atom. The third kappa shape index (κ3) is 3.62. The van der Waals surface area contributed by atoms with E-state index in [0.29, 0.717) is 6.42 Å². The standard InChI is InChI=1S/C20H22N2O/c1-20(2,3)16-5-7-17(8-6-16)22-19(23)13-14-4-9-18-15(12-14)10-11-21-18/h4-12,21H,13H2,1-3H3,(H,22,23). The molecule has 0 bridgehead atoms. The predicted octanol–water partition coefficient (Wildman–Crippen LogP) is 4.65. The highest BCUT2D eigenvalue weighted by Gasteiger charge is 2.13. The van der Waals surface area contributed by atoms with Crippen LogP contribution in [-0.4, -0.2) is 10.9 Å². The number of carbonyl (C=O) groups is 1. The first-order chi connectivity index (χ1) is 10.9. The van der Waals surface area contributed by atoms with Crippen molar-refractivity contribution >= 4 is 22.5 Å². The van der Waals surface area contributed by atoms with Crippen LogP contribution in [-0.2, 0) is 16.6 Å². The third-order valence-electron chi connectivity index (χ3n) is 4.02. The van der Waals surface area contributed by atoms with Gasteiger partial charge in [-0.1, -0.05) is 39.0 Å². The molecule has 0 spiro atoms. The van der Waals surface area contributed by atoms with Crippen LogP contribution in [0.25, 0.3) is 10.9 Å². The SMILES string of the molecule is CC(C)(C)c1ccc(NC(=O)Cc2ccc3[nH]ccc3c2)cc1. The molecule has 0 atom stereocenters. The fraction of sp³-hybridized carbons (Fsp3) is 0.250. The molecule has 1 amide bonds. The Hall–Kier alpha value is -2.55. The van der Waals surface area contributed by atoms with Crippen molar-refractivity contribution in [2.24, 2.45) is 0 Å². The topological polar surface area (TPSA) is 44.9 Å². The zero-order chi connectivity index (χ0) is 16.4. The molecule has 0 aliphatic carbocycles. The molecule has 118 valence electrons. The zero-order valence-corrected chi connectivity index (χ0v) is 13.8. The van der Waals surface area contributed by atoms with Gasteiger partial charge in [-0.15, -0.1) is 0 Å². The predicted molar refractivity (Wildman–Crippen MR) is 95.8 cm³/mol. The molecule has 3 nitrogen and oxygen atoms in total. The number of hydrogen-bond acceptors (Lipinski definition) is 1. The molecule has 1 heterocycles. The second-order valence-electron chi connectivity index (χ2n) is 6.95. The van der Waals surface area contributed by atoms with Crippen molar-refractivity contribution < 1.29 is 4.79 Å². The lowest BCUT2D eigenvalue weighted by Crippen LogP contribution is -2.15. The maximum absolute atomic E-state index is 12.2. The number of rotatable bonds is 3. The van der Waals surface area contributed by atoms with Crippen LogP contribution in [0.2, 0.25) is 0 Å². The van der Waals surface area contributed by atoms with E-state index in [0.717, 1.165) is 22.2 Å². The van der Waals surface area contributed by atoms with Crippen LogP contribution in [0.5, 0.6) is 0 Å². The highest BCUT2D eigenvalue weighted by Crippen LogP contribution is 2.23. The largest absolute Gasteiger partial charge is 0.361 e. The highest BCUT2D eigenvalue weighted by molar-refractivity contribution is 5.93. The van der Waals surface area contributed by atoms with Gasteiger partial charge in [0.25, 0.3) is 0 Å².